The van der Waals surface area contributed by atoms with E-state index in [0.29, 0.717) is 31.0 Å². The molecule has 0 spiro atoms. The summed E-state index contributed by atoms with van der Waals surface area (Å²) in [5, 5.41) is -0.164. The standard InChI is InChI=1S/C15H14F4O2S/c16-13-4-1-9(15(17,18)19)7-12(13)14(20)8-5-10-2-3-11(6-8)22(10)21/h1,4,7-8,10-11H,2-3,5-6H2. The molecule has 1 aromatic carbocycles. The minimum atomic E-state index is -4.62. The van der Waals surface area contributed by atoms with Gasteiger partial charge >= 0.3 is 6.18 Å². The Labute approximate surface area is 127 Å². The lowest BCUT2D eigenvalue weighted by Crippen LogP contribution is -2.32. The lowest BCUT2D eigenvalue weighted by atomic mass is 9.89. The summed E-state index contributed by atoms with van der Waals surface area (Å²) in [5.41, 5.74) is -1.54. The number of hydrogen-bond acceptors (Lipinski definition) is 2. The third kappa shape index (κ3) is 2.71. The zero-order chi connectivity index (χ0) is 16.1. The van der Waals surface area contributed by atoms with E-state index in [-0.39, 0.29) is 10.5 Å². The minimum absolute atomic E-state index is 0.0819. The fraction of sp³-hybridized carbons (Fsp3) is 0.533. The van der Waals surface area contributed by atoms with Gasteiger partial charge in [0.15, 0.2) is 5.78 Å². The molecule has 7 heteroatoms. The number of carbonyl (C=O) groups is 1. The minimum Gasteiger partial charge on any atom is -0.294 e. The van der Waals surface area contributed by atoms with Crippen LogP contribution in [0.25, 0.3) is 0 Å². The molecule has 0 aromatic heterocycles. The number of rotatable bonds is 2. The molecule has 0 N–H and O–H groups in total. The van der Waals surface area contributed by atoms with Crippen LogP contribution in [0.5, 0.6) is 0 Å². The van der Waals surface area contributed by atoms with Crippen molar-refractivity contribution in [1.29, 1.82) is 0 Å². The van der Waals surface area contributed by atoms with Crippen LogP contribution in [0.3, 0.4) is 0 Å². The molecule has 2 unspecified atom stereocenters. The van der Waals surface area contributed by atoms with Gasteiger partial charge in [-0.05, 0) is 43.9 Å². The van der Waals surface area contributed by atoms with Gasteiger partial charge in [0.1, 0.15) is 5.82 Å². The molecule has 2 aliphatic heterocycles. The molecule has 2 bridgehead atoms. The van der Waals surface area contributed by atoms with Gasteiger partial charge in [-0.15, -0.1) is 0 Å². The molecule has 2 fully saturated rings. The van der Waals surface area contributed by atoms with Crippen molar-refractivity contribution < 1.29 is 26.6 Å². The van der Waals surface area contributed by atoms with Gasteiger partial charge in [-0.3, -0.25) is 9.00 Å². The number of Topliss-reactive ketones (excluding diaryl/α,β-unsaturated/α-hetero) is 1. The molecule has 1 aromatic rings. The van der Waals surface area contributed by atoms with Gasteiger partial charge < -0.3 is 0 Å². The molecule has 0 radical (unpaired) electrons. The van der Waals surface area contributed by atoms with Crippen molar-refractivity contribution in [3.63, 3.8) is 0 Å². The lowest BCUT2D eigenvalue weighted by Gasteiger charge is -2.26. The van der Waals surface area contributed by atoms with Gasteiger partial charge in [-0.25, -0.2) is 4.39 Å². The summed E-state index contributed by atoms with van der Waals surface area (Å²) in [6.45, 7) is 0. The van der Waals surface area contributed by atoms with Gasteiger partial charge in [0.25, 0.3) is 0 Å². The molecule has 120 valence electrons. The van der Waals surface area contributed by atoms with Crippen LogP contribution in [-0.4, -0.2) is 20.5 Å². The Kier molecular flexibility index (Phi) is 3.87. The molecule has 2 atom stereocenters. The molecule has 0 aliphatic carbocycles. The summed E-state index contributed by atoms with van der Waals surface area (Å²) in [6.07, 6.45) is -2.33. The van der Waals surface area contributed by atoms with E-state index in [2.05, 4.69) is 0 Å². The highest BCUT2D eigenvalue weighted by molar-refractivity contribution is 7.86. The number of halogens is 4. The summed E-state index contributed by atoms with van der Waals surface area (Å²) in [5.74, 6) is -2.07. The average molecular weight is 334 g/mol. The Hall–Kier alpha value is -1.24. The maximum absolute atomic E-state index is 13.8. The number of carbonyl (C=O) groups excluding carboxylic acids is 1. The highest BCUT2D eigenvalue weighted by atomic mass is 32.2. The average Bonchev–Trinajstić information content (AvgIpc) is 2.67. The molecule has 0 amide bonds. The van der Waals surface area contributed by atoms with Crippen LogP contribution in [0.2, 0.25) is 0 Å². The van der Waals surface area contributed by atoms with Crippen LogP contribution in [0, 0.1) is 11.7 Å². The van der Waals surface area contributed by atoms with Crippen LogP contribution in [0.15, 0.2) is 18.2 Å². The molecular weight excluding hydrogens is 320 g/mol. The fourth-order valence-corrected chi connectivity index (χ4v) is 5.48. The lowest BCUT2D eigenvalue weighted by molar-refractivity contribution is -0.137. The maximum atomic E-state index is 13.8. The Bertz CT molecular complexity index is 625. The van der Waals surface area contributed by atoms with Crippen LogP contribution in [0.4, 0.5) is 17.6 Å². The van der Waals surface area contributed by atoms with Crippen LogP contribution in [-0.2, 0) is 17.0 Å². The first kappa shape index (κ1) is 15.6. The molecular formula is C15H14F4O2S. The number of hydrogen-bond donors (Lipinski definition) is 0. The van der Waals surface area contributed by atoms with Crippen molar-refractivity contribution in [2.24, 2.45) is 5.92 Å². The van der Waals surface area contributed by atoms with Crippen molar-refractivity contribution in [1.82, 2.24) is 0 Å². The second kappa shape index (κ2) is 5.44. The molecule has 2 saturated heterocycles. The van der Waals surface area contributed by atoms with E-state index in [1.54, 1.807) is 0 Å². The summed E-state index contributed by atoms with van der Waals surface area (Å²) in [6, 6.07) is 1.91. The zero-order valence-electron chi connectivity index (χ0n) is 11.5. The SMILES string of the molecule is O=C(c1cc(C(F)(F)F)ccc1F)C1CC2CCC(C1)S2=O. The number of alkyl halides is 3. The van der Waals surface area contributed by atoms with Gasteiger partial charge in [0.05, 0.1) is 11.1 Å². The van der Waals surface area contributed by atoms with Crippen molar-refractivity contribution in [3.05, 3.63) is 35.1 Å². The van der Waals surface area contributed by atoms with Crippen LogP contribution in [0.1, 0.15) is 41.6 Å². The Morgan fingerprint density at radius 3 is 2.27 bits per heavy atom. The summed E-state index contributed by atoms with van der Waals surface area (Å²) in [7, 11) is -0.962. The van der Waals surface area contributed by atoms with E-state index < -0.39 is 45.6 Å². The molecule has 2 nitrogen and oxygen atoms in total. The first-order valence-electron chi connectivity index (χ1n) is 7.07. The fourth-order valence-electron chi connectivity index (χ4n) is 3.36. The monoisotopic (exact) mass is 334 g/mol. The highest BCUT2D eigenvalue weighted by Gasteiger charge is 2.43. The van der Waals surface area contributed by atoms with Gasteiger partial charge in [0.2, 0.25) is 0 Å². The summed E-state index contributed by atoms with van der Waals surface area (Å²) in [4.78, 5) is 12.4. The second-order valence-corrected chi connectivity index (χ2v) is 7.87. The largest absolute Gasteiger partial charge is 0.416 e. The van der Waals surface area contributed by atoms with Crippen molar-refractivity contribution in [2.45, 2.75) is 42.4 Å². The van der Waals surface area contributed by atoms with E-state index in [4.69, 9.17) is 0 Å². The predicted octanol–water partition coefficient (Wildman–Crippen LogP) is 3.72. The molecule has 2 heterocycles. The summed E-state index contributed by atoms with van der Waals surface area (Å²) >= 11 is 0. The molecule has 0 saturated carbocycles. The molecule has 22 heavy (non-hydrogen) atoms. The highest BCUT2D eigenvalue weighted by Crippen LogP contribution is 2.40. The number of ketones is 1. The van der Waals surface area contributed by atoms with E-state index in [1.807, 2.05) is 0 Å². The Morgan fingerprint density at radius 1 is 1.14 bits per heavy atom. The Balaban J connectivity index is 1.88. The summed E-state index contributed by atoms with van der Waals surface area (Å²) < 4.78 is 63.9. The van der Waals surface area contributed by atoms with E-state index in [9.17, 15) is 26.6 Å². The van der Waals surface area contributed by atoms with E-state index >= 15 is 0 Å². The van der Waals surface area contributed by atoms with Crippen molar-refractivity contribution in [3.8, 4) is 0 Å². The number of fused-ring (bicyclic) bond motifs is 2. The first-order chi connectivity index (χ1) is 10.3. The third-order valence-corrected chi connectivity index (χ3v) is 6.66. The van der Waals surface area contributed by atoms with Crippen LogP contribution < -0.4 is 0 Å². The molecule has 2 aliphatic rings. The van der Waals surface area contributed by atoms with Gasteiger partial charge in [0, 0.05) is 27.2 Å². The zero-order valence-corrected chi connectivity index (χ0v) is 12.3. The predicted molar refractivity (Wildman–Crippen MR) is 73.4 cm³/mol. The quantitative estimate of drug-likeness (QED) is 0.610. The van der Waals surface area contributed by atoms with Gasteiger partial charge in [-0.2, -0.15) is 13.2 Å². The van der Waals surface area contributed by atoms with E-state index in [0.717, 1.165) is 12.8 Å². The van der Waals surface area contributed by atoms with Crippen molar-refractivity contribution in [2.75, 3.05) is 0 Å². The van der Waals surface area contributed by atoms with E-state index in [1.165, 1.54) is 0 Å². The maximum Gasteiger partial charge on any atom is 0.416 e. The van der Waals surface area contributed by atoms with Crippen molar-refractivity contribution >= 4 is 16.6 Å². The van der Waals surface area contributed by atoms with Crippen LogP contribution >= 0.6 is 0 Å². The first-order valence-corrected chi connectivity index (χ1v) is 8.35. The third-order valence-electron chi connectivity index (χ3n) is 4.49. The van der Waals surface area contributed by atoms with Gasteiger partial charge in [-0.1, -0.05) is 0 Å². The smallest absolute Gasteiger partial charge is 0.294 e. The molecule has 3 rings (SSSR count). The number of benzene rings is 1. The second-order valence-electron chi connectivity index (χ2n) is 5.87. The Morgan fingerprint density at radius 2 is 1.73 bits per heavy atom. The normalized spacial score (nSPS) is 31.3. The topological polar surface area (TPSA) is 34.1 Å².